The molecule has 0 spiro atoms. The molecule has 2 aromatic rings. The maximum atomic E-state index is 5.83. The predicted molar refractivity (Wildman–Crippen MR) is 81.2 cm³/mol. The molecule has 19 heavy (non-hydrogen) atoms. The molecule has 104 valence electrons. The van der Waals surface area contributed by atoms with Crippen LogP contribution in [0.15, 0.2) is 18.2 Å². The summed E-state index contributed by atoms with van der Waals surface area (Å²) in [5.74, 6) is 1.54. The van der Waals surface area contributed by atoms with Gasteiger partial charge in [-0.15, -0.1) is 0 Å². The van der Waals surface area contributed by atoms with Crippen LogP contribution in [-0.4, -0.2) is 9.55 Å². The number of aromatic nitrogens is 2. The molecule has 0 radical (unpaired) electrons. The average Bonchev–Trinajstić information content (AvgIpc) is 2.76. The summed E-state index contributed by atoms with van der Waals surface area (Å²) in [4.78, 5) is 4.69. The third-order valence-corrected chi connectivity index (χ3v) is 3.69. The summed E-state index contributed by atoms with van der Waals surface area (Å²) >= 11 is 0. The van der Waals surface area contributed by atoms with Crippen molar-refractivity contribution in [1.29, 1.82) is 0 Å². The molecule has 0 atom stereocenters. The highest BCUT2D eigenvalue weighted by molar-refractivity contribution is 5.77. The number of fused-ring (bicyclic) bond motifs is 1. The largest absolute Gasteiger partial charge is 0.327 e. The van der Waals surface area contributed by atoms with E-state index < -0.39 is 0 Å². The second-order valence-corrected chi connectivity index (χ2v) is 5.49. The lowest BCUT2D eigenvalue weighted by molar-refractivity contribution is 0.592. The highest BCUT2D eigenvalue weighted by Gasteiger charge is 2.10. The Hall–Kier alpha value is -1.35. The number of unbranched alkanes of at least 4 members (excludes halogenated alkanes) is 2. The molecule has 0 fully saturated rings. The number of hydrogen-bond acceptors (Lipinski definition) is 2. The van der Waals surface area contributed by atoms with E-state index in [1.54, 1.807) is 0 Å². The van der Waals surface area contributed by atoms with Gasteiger partial charge in [0.2, 0.25) is 0 Å². The fourth-order valence-corrected chi connectivity index (χ4v) is 2.48. The molecule has 0 amide bonds. The molecule has 1 aromatic carbocycles. The van der Waals surface area contributed by atoms with Crippen molar-refractivity contribution in [3.63, 3.8) is 0 Å². The number of imidazole rings is 1. The molecule has 0 saturated carbocycles. The fourth-order valence-electron chi connectivity index (χ4n) is 2.48. The third-order valence-electron chi connectivity index (χ3n) is 3.69. The van der Waals surface area contributed by atoms with Crippen LogP contribution in [0.1, 0.15) is 57.3 Å². The van der Waals surface area contributed by atoms with Gasteiger partial charge in [0.1, 0.15) is 5.82 Å². The van der Waals surface area contributed by atoms with Crippen LogP contribution in [0.25, 0.3) is 11.0 Å². The molecule has 0 aliphatic carbocycles. The minimum atomic E-state index is 0.512. The predicted octanol–water partition coefficient (Wildman–Crippen LogP) is 3.81. The van der Waals surface area contributed by atoms with E-state index in [0.29, 0.717) is 12.5 Å². The number of aryl methyl sites for hydroxylation is 1. The van der Waals surface area contributed by atoms with E-state index in [1.807, 2.05) is 0 Å². The molecule has 1 aromatic heterocycles. The summed E-state index contributed by atoms with van der Waals surface area (Å²) in [5, 5.41) is 0. The zero-order valence-corrected chi connectivity index (χ0v) is 12.3. The summed E-state index contributed by atoms with van der Waals surface area (Å²) in [5.41, 5.74) is 9.48. The van der Waals surface area contributed by atoms with Crippen LogP contribution in [0.2, 0.25) is 0 Å². The molecule has 2 rings (SSSR count). The Morgan fingerprint density at radius 1 is 1.26 bits per heavy atom. The van der Waals surface area contributed by atoms with Crippen molar-refractivity contribution in [2.24, 2.45) is 5.73 Å². The molecule has 0 unspecified atom stereocenters. The van der Waals surface area contributed by atoms with Gasteiger partial charge in [-0.2, -0.15) is 0 Å². The van der Waals surface area contributed by atoms with Crippen LogP contribution in [0.3, 0.4) is 0 Å². The number of rotatable bonds is 6. The standard InChI is InChI=1S/C16H25N3/c1-4-5-6-9-19-15-8-7-13(12(2)3)10-14(15)18-16(19)11-17/h7-8,10,12H,4-6,9,11,17H2,1-3H3. The Morgan fingerprint density at radius 3 is 2.68 bits per heavy atom. The summed E-state index contributed by atoms with van der Waals surface area (Å²) in [6.45, 7) is 8.19. The highest BCUT2D eigenvalue weighted by Crippen LogP contribution is 2.22. The van der Waals surface area contributed by atoms with Crippen LogP contribution in [0, 0.1) is 0 Å². The van der Waals surface area contributed by atoms with E-state index in [1.165, 1.54) is 30.3 Å². The maximum absolute atomic E-state index is 5.83. The zero-order chi connectivity index (χ0) is 13.8. The Balaban J connectivity index is 2.38. The smallest absolute Gasteiger partial charge is 0.123 e. The highest BCUT2D eigenvalue weighted by atomic mass is 15.1. The number of nitrogens with zero attached hydrogens (tertiary/aromatic N) is 2. The Kier molecular flexibility index (Phi) is 4.59. The van der Waals surface area contributed by atoms with Crippen LogP contribution in [-0.2, 0) is 13.1 Å². The van der Waals surface area contributed by atoms with Crippen LogP contribution < -0.4 is 5.73 Å². The van der Waals surface area contributed by atoms with E-state index in [2.05, 4.69) is 43.5 Å². The topological polar surface area (TPSA) is 43.8 Å². The summed E-state index contributed by atoms with van der Waals surface area (Å²) in [7, 11) is 0. The van der Waals surface area contributed by atoms with Gasteiger partial charge in [0.05, 0.1) is 17.6 Å². The first kappa shape index (κ1) is 14.1. The SMILES string of the molecule is CCCCCn1c(CN)nc2cc(C(C)C)ccc21. The van der Waals surface area contributed by atoms with E-state index in [4.69, 9.17) is 10.7 Å². The summed E-state index contributed by atoms with van der Waals surface area (Å²) in [6.07, 6.45) is 3.69. The molecule has 0 bridgehead atoms. The average molecular weight is 259 g/mol. The zero-order valence-electron chi connectivity index (χ0n) is 12.3. The van der Waals surface area contributed by atoms with Crippen molar-refractivity contribution in [2.45, 2.75) is 59.0 Å². The number of benzene rings is 1. The maximum Gasteiger partial charge on any atom is 0.123 e. The quantitative estimate of drug-likeness (QED) is 0.802. The van der Waals surface area contributed by atoms with Gasteiger partial charge in [-0.1, -0.05) is 39.7 Å². The lowest BCUT2D eigenvalue weighted by Gasteiger charge is -2.08. The number of hydrogen-bond donors (Lipinski definition) is 1. The Bertz CT molecular complexity index is 540. The molecular formula is C16H25N3. The normalized spacial score (nSPS) is 11.6. The van der Waals surface area contributed by atoms with Crippen molar-refractivity contribution in [2.75, 3.05) is 0 Å². The Labute approximate surface area is 115 Å². The molecule has 0 aliphatic rings. The minimum absolute atomic E-state index is 0.512. The van der Waals surface area contributed by atoms with Crippen LogP contribution >= 0.6 is 0 Å². The van der Waals surface area contributed by atoms with Crippen molar-refractivity contribution >= 4 is 11.0 Å². The molecular weight excluding hydrogens is 234 g/mol. The lowest BCUT2D eigenvalue weighted by atomic mass is 10.0. The first-order valence-electron chi connectivity index (χ1n) is 7.36. The molecule has 3 nitrogen and oxygen atoms in total. The van der Waals surface area contributed by atoms with E-state index >= 15 is 0 Å². The monoisotopic (exact) mass is 259 g/mol. The van der Waals surface area contributed by atoms with Crippen molar-refractivity contribution < 1.29 is 0 Å². The minimum Gasteiger partial charge on any atom is -0.327 e. The Morgan fingerprint density at radius 2 is 2.05 bits per heavy atom. The molecule has 1 heterocycles. The van der Waals surface area contributed by atoms with Crippen molar-refractivity contribution in [1.82, 2.24) is 9.55 Å². The third kappa shape index (κ3) is 2.98. The van der Waals surface area contributed by atoms with E-state index in [-0.39, 0.29) is 0 Å². The van der Waals surface area contributed by atoms with Crippen molar-refractivity contribution in [3.8, 4) is 0 Å². The van der Waals surface area contributed by atoms with Crippen molar-refractivity contribution in [3.05, 3.63) is 29.6 Å². The number of nitrogens with two attached hydrogens (primary N) is 1. The van der Waals surface area contributed by atoms with Gasteiger partial charge in [-0.3, -0.25) is 0 Å². The van der Waals surface area contributed by atoms with Crippen LogP contribution in [0.5, 0.6) is 0 Å². The van der Waals surface area contributed by atoms with Gasteiger partial charge in [0, 0.05) is 6.54 Å². The van der Waals surface area contributed by atoms with Gasteiger partial charge in [-0.05, 0) is 30.0 Å². The lowest BCUT2D eigenvalue weighted by Crippen LogP contribution is -2.08. The second-order valence-electron chi connectivity index (χ2n) is 5.49. The molecule has 2 N–H and O–H groups in total. The second kappa shape index (κ2) is 6.20. The molecule has 0 saturated heterocycles. The summed E-state index contributed by atoms with van der Waals surface area (Å²) in [6, 6.07) is 6.61. The van der Waals surface area contributed by atoms with E-state index in [0.717, 1.165) is 17.9 Å². The first-order valence-corrected chi connectivity index (χ1v) is 7.36. The van der Waals surface area contributed by atoms with E-state index in [9.17, 15) is 0 Å². The van der Waals surface area contributed by atoms with Gasteiger partial charge in [-0.25, -0.2) is 4.98 Å². The first-order chi connectivity index (χ1) is 9.17. The van der Waals surface area contributed by atoms with Gasteiger partial charge in [0.15, 0.2) is 0 Å². The van der Waals surface area contributed by atoms with Gasteiger partial charge in [0.25, 0.3) is 0 Å². The van der Waals surface area contributed by atoms with Gasteiger partial charge < -0.3 is 10.3 Å². The van der Waals surface area contributed by atoms with Crippen LogP contribution in [0.4, 0.5) is 0 Å². The molecule has 3 heteroatoms. The summed E-state index contributed by atoms with van der Waals surface area (Å²) < 4.78 is 2.29. The van der Waals surface area contributed by atoms with Gasteiger partial charge >= 0.3 is 0 Å². The molecule has 0 aliphatic heterocycles. The fraction of sp³-hybridized carbons (Fsp3) is 0.562.